The van der Waals surface area contributed by atoms with Crippen LogP contribution in [0, 0.1) is 0 Å². The van der Waals surface area contributed by atoms with Gasteiger partial charge in [-0.25, -0.2) is 0 Å². The maximum absolute atomic E-state index is 12.3. The molecule has 4 nitrogen and oxygen atoms in total. The normalized spacial score (nSPS) is 19.5. The number of hydrogen-bond donors (Lipinski definition) is 2. The van der Waals surface area contributed by atoms with Crippen molar-refractivity contribution in [2.45, 2.75) is 43.7 Å². The minimum Gasteiger partial charge on any atom is -0.406 e. The summed E-state index contributed by atoms with van der Waals surface area (Å²) < 4.78 is 46.5. The molecule has 2 rings (SSSR count). The second-order valence-corrected chi connectivity index (χ2v) is 5.20. The van der Waals surface area contributed by atoms with E-state index in [1.807, 2.05) is 0 Å². The van der Waals surface area contributed by atoms with Gasteiger partial charge in [0.05, 0.1) is 11.6 Å². The van der Waals surface area contributed by atoms with E-state index in [2.05, 4.69) is 10.2 Å². The van der Waals surface area contributed by atoms with Crippen LogP contribution in [0.3, 0.4) is 0 Å². The number of hydrazine groups is 1. The van der Waals surface area contributed by atoms with Crippen molar-refractivity contribution in [3.63, 3.8) is 0 Å². The average Bonchev–Trinajstić information content (AvgIpc) is 2.88. The first kappa shape index (κ1) is 16.1. The number of nitrogens with two attached hydrogens (primary N) is 1. The highest BCUT2D eigenvalue weighted by Gasteiger charge is 2.42. The van der Waals surface area contributed by atoms with E-state index in [1.165, 1.54) is 18.2 Å². The van der Waals surface area contributed by atoms with Crippen LogP contribution in [0.4, 0.5) is 13.2 Å². The van der Waals surface area contributed by atoms with E-state index < -0.39 is 12.0 Å². The highest BCUT2D eigenvalue weighted by Crippen LogP contribution is 2.42. The van der Waals surface area contributed by atoms with Gasteiger partial charge in [0.25, 0.3) is 0 Å². The quantitative estimate of drug-likeness (QED) is 0.648. The van der Waals surface area contributed by atoms with E-state index in [4.69, 9.17) is 10.6 Å². The Hall–Kier alpha value is -1.31. The predicted octanol–water partition coefficient (Wildman–Crippen LogP) is 3.05. The molecule has 0 radical (unpaired) electrons. The predicted molar refractivity (Wildman–Crippen MR) is 71.4 cm³/mol. The Morgan fingerprint density at radius 2 is 1.95 bits per heavy atom. The summed E-state index contributed by atoms with van der Waals surface area (Å²) in [6.07, 6.45) is -1.09. The maximum Gasteiger partial charge on any atom is 0.573 e. The topological polar surface area (TPSA) is 56.5 Å². The molecule has 0 bridgehead atoms. The van der Waals surface area contributed by atoms with Crippen molar-refractivity contribution in [2.75, 3.05) is 7.11 Å². The number of rotatable bonds is 5. The summed E-state index contributed by atoms with van der Waals surface area (Å²) in [7, 11) is 1.60. The number of nitrogens with one attached hydrogen (secondary N) is 1. The second kappa shape index (κ2) is 6.21. The number of hydrogen-bond acceptors (Lipinski definition) is 4. The molecule has 0 aromatic heterocycles. The van der Waals surface area contributed by atoms with Gasteiger partial charge >= 0.3 is 6.36 Å². The van der Waals surface area contributed by atoms with Crippen molar-refractivity contribution in [3.05, 3.63) is 29.8 Å². The molecule has 21 heavy (non-hydrogen) atoms. The SMILES string of the molecule is COC1(C(NN)c2cccc(OC(F)(F)F)c2)CCCC1. The molecule has 0 amide bonds. The fourth-order valence-corrected chi connectivity index (χ4v) is 3.03. The maximum atomic E-state index is 12.3. The highest BCUT2D eigenvalue weighted by molar-refractivity contribution is 5.32. The molecule has 118 valence electrons. The van der Waals surface area contributed by atoms with Crippen LogP contribution < -0.4 is 16.0 Å². The molecule has 7 heteroatoms. The van der Waals surface area contributed by atoms with Crippen molar-refractivity contribution in [3.8, 4) is 5.75 Å². The van der Waals surface area contributed by atoms with Crippen molar-refractivity contribution >= 4 is 0 Å². The monoisotopic (exact) mass is 304 g/mol. The minimum atomic E-state index is -4.71. The van der Waals surface area contributed by atoms with Gasteiger partial charge in [-0.3, -0.25) is 11.3 Å². The summed E-state index contributed by atoms with van der Waals surface area (Å²) in [5.41, 5.74) is 2.80. The molecule has 1 saturated carbocycles. The van der Waals surface area contributed by atoms with Crippen LogP contribution >= 0.6 is 0 Å². The van der Waals surface area contributed by atoms with E-state index >= 15 is 0 Å². The Balaban J connectivity index is 2.28. The summed E-state index contributed by atoms with van der Waals surface area (Å²) in [5.74, 6) is 5.37. The van der Waals surface area contributed by atoms with E-state index in [0.717, 1.165) is 25.7 Å². The third-order valence-corrected chi connectivity index (χ3v) is 3.97. The Bertz CT molecular complexity index is 474. The summed E-state index contributed by atoms with van der Waals surface area (Å²) in [5, 5.41) is 0. The fourth-order valence-electron chi connectivity index (χ4n) is 3.03. The first-order valence-electron chi connectivity index (χ1n) is 6.77. The van der Waals surface area contributed by atoms with E-state index in [9.17, 15) is 13.2 Å². The lowest BCUT2D eigenvalue weighted by Gasteiger charge is -2.36. The van der Waals surface area contributed by atoms with Gasteiger partial charge in [0.15, 0.2) is 0 Å². The third kappa shape index (κ3) is 3.66. The van der Waals surface area contributed by atoms with Crippen LogP contribution in [-0.4, -0.2) is 19.1 Å². The van der Waals surface area contributed by atoms with Crippen LogP contribution in [0.1, 0.15) is 37.3 Å². The molecule has 1 unspecified atom stereocenters. The standard InChI is InChI=1S/C14H19F3N2O2/c1-20-13(7-2-3-8-13)12(19-18)10-5-4-6-11(9-10)21-14(15,16)17/h4-6,9,12,19H,2-3,7-8,18H2,1H3. The minimum absolute atomic E-state index is 0.260. The lowest BCUT2D eigenvalue weighted by molar-refractivity contribution is -0.274. The molecular formula is C14H19F3N2O2. The van der Waals surface area contributed by atoms with Gasteiger partial charge in [-0.1, -0.05) is 25.0 Å². The Morgan fingerprint density at radius 1 is 1.29 bits per heavy atom. The molecule has 1 fully saturated rings. The molecule has 1 aromatic rings. The molecule has 0 spiro atoms. The van der Waals surface area contributed by atoms with Crippen molar-refractivity contribution < 1.29 is 22.6 Å². The van der Waals surface area contributed by atoms with Gasteiger partial charge in [-0.15, -0.1) is 13.2 Å². The zero-order valence-corrected chi connectivity index (χ0v) is 11.7. The summed E-state index contributed by atoms with van der Waals surface area (Å²) in [6.45, 7) is 0. The van der Waals surface area contributed by atoms with E-state index in [0.29, 0.717) is 5.56 Å². The number of alkyl halides is 3. The van der Waals surface area contributed by atoms with Crippen molar-refractivity contribution in [1.82, 2.24) is 5.43 Å². The first-order valence-corrected chi connectivity index (χ1v) is 6.77. The zero-order valence-electron chi connectivity index (χ0n) is 11.7. The third-order valence-electron chi connectivity index (χ3n) is 3.97. The number of halogens is 3. The van der Waals surface area contributed by atoms with Crippen LogP contribution in [0.25, 0.3) is 0 Å². The van der Waals surface area contributed by atoms with Gasteiger partial charge in [0.2, 0.25) is 0 Å². The molecule has 0 heterocycles. The Morgan fingerprint density at radius 3 is 2.48 bits per heavy atom. The molecule has 1 aliphatic rings. The molecule has 1 aliphatic carbocycles. The fraction of sp³-hybridized carbons (Fsp3) is 0.571. The van der Waals surface area contributed by atoms with Crippen molar-refractivity contribution in [1.29, 1.82) is 0 Å². The van der Waals surface area contributed by atoms with Gasteiger partial charge in [-0.2, -0.15) is 0 Å². The number of ether oxygens (including phenoxy) is 2. The molecule has 0 aliphatic heterocycles. The Labute approximate surface area is 121 Å². The summed E-state index contributed by atoms with van der Waals surface area (Å²) >= 11 is 0. The number of methoxy groups -OCH3 is 1. The first-order chi connectivity index (χ1) is 9.90. The molecule has 1 aromatic carbocycles. The second-order valence-electron chi connectivity index (χ2n) is 5.20. The van der Waals surface area contributed by atoms with Crippen molar-refractivity contribution in [2.24, 2.45) is 5.84 Å². The van der Waals surface area contributed by atoms with Crippen LogP contribution in [0.2, 0.25) is 0 Å². The lowest BCUT2D eigenvalue weighted by Crippen LogP contribution is -2.46. The number of benzene rings is 1. The van der Waals surface area contributed by atoms with Gasteiger partial charge in [0.1, 0.15) is 5.75 Å². The van der Waals surface area contributed by atoms with Gasteiger partial charge < -0.3 is 9.47 Å². The van der Waals surface area contributed by atoms with Crippen LogP contribution in [0.5, 0.6) is 5.75 Å². The van der Waals surface area contributed by atoms with E-state index in [-0.39, 0.29) is 11.8 Å². The summed E-state index contributed by atoms with van der Waals surface area (Å²) in [6, 6.07) is 5.45. The smallest absolute Gasteiger partial charge is 0.406 e. The van der Waals surface area contributed by atoms with Crippen LogP contribution in [-0.2, 0) is 4.74 Å². The molecular weight excluding hydrogens is 285 g/mol. The zero-order chi connectivity index (χ0) is 15.5. The van der Waals surface area contributed by atoms with Gasteiger partial charge in [-0.05, 0) is 30.5 Å². The molecule has 1 atom stereocenters. The molecule has 0 saturated heterocycles. The molecule has 3 N–H and O–H groups in total. The average molecular weight is 304 g/mol. The van der Waals surface area contributed by atoms with Crippen LogP contribution in [0.15, 0.2) is 24.3 Å². The highest BCUT2D eigenvalue weighted by atomic mass is 19.4. The summed E-state index contributed by atoms with van der Waals surface area (Å²) in [4.78, 5) is 0. The van der Waals surface area contributed by atoms with Gasteiger partial charge in [0, 0.05) is 7.11 Å². The Kier molecular flexibility index (Phi) is 4.75. The lowest BCUT2D eigenvalue weighted by atomic mass is 9.87. The van der Waals surface area contributed by atoms with E-state index in [1.54, 1.807) is 13.2 Å². The largest absolute Gasteiger partial charge is 0.573 e.